The van der Waals surface area contributed by atoms with Crippen LogP contribution in [-0.2, 0) is 4.79 Å². The first-order chi connectivity index (χ1) is 7.04. The first-order valence-electron chi connectivity index (χ1n) is 4.01. The van der Waals surface area contributed by atoms with Gasteiger partial charge in [0.2, 0.25) is 5.91 Å². The number of anilines is 1. The Labute approximate surface area is 94.7 Å². The SMILES string of the molecule is C=CC(=O)Nc1cc(C(=O)O)ccc1Br. The van der Waals surface area contributed by atoms with E-state index in [4.69, 9.17) is 5.11 Å². The Morgan fingerprint density at radius 3 is 2.67 bits per heavy atom. The predicted octanol–water partition coefficient (Wildman–Crippen LogP) is 2.27. The van der Waals surface area contributed by atoms with Crippen molar-refractivity contribution in [2.24, 2.45) is 0 Å². The summed E-state index contributed by atoms with van der Waals surface area (Å²) in [4.78, 5) is 21.7. The van der Waals surface area contributed by atoms with E-state index >= 15 is 0 Å². The number of nitrogens with one attached hydrogen (secondary N) is 1. The van der Waals surface area contributed by atoms with Crippen molar-refractivity contribution < 1.29 is 14.7 Å². The lowest BCUT2D eigenvalue weighted by Gasteiger charge is -2.05. The molecule has 0 fully saturated rings. The zero-order valence-electron chi connectivity index (χ0n) is 7.66. The molecule has 0 heterocycles. The molecule has 1 aromatic carbocycles. The molecule has 0 saturated heterocycles. The lowest BCUT2D eigenvalue weighted by atomic mass is 10.2. The van der Waals surface area contributed by atoms with Gasteiger partial charge in [0.25, 0.3) is 0 Å². The molecule has 2 N–H and O–H groups in total. The molecule has 1 aromatic rings. The van der Waals surface area contributed by atoms with Crippen molar-refractivity contribution in [1.82, 2.24) is 0 Å². The average Bonchev–Trinajstić information content (AvgIpc) is 2.20. The molecule has 0 unspecified atom stereocenters. The molecular weight excluding hydrogens is 262 g/mol. The van der Waals surface area contributed by atoms with E-state index in [2.05, 4.69) is 27.8 Å². The maximum absolute atomic E-state index is 11.0. The highest BCUT2D eigenvalue weighted by Gasteiger charge is 2.07. The molecule has 1 amide bonds. The molecule has 0 aliphatic rings. The van der Waals surface area contributed by atoms with E-state index < -0.39 is 11.9 Å². The van der Waals surface area contributed by atoms with E-state index in [1.54, 1.807) is 6.07 Å². The fourth-order valence-electron chi connectivity index (χ4n) is 0.938. The van der Waals surface area contributed by atoms with E-state index in [0.29, 0.717) is 10.2 Å². The van der Waals surface area contributed by atoms with Crippen molar-refractivity contribution in [1.29, 1.82) is 0 Å². The summed E-state index contributed by atoms with van der Waals surface area (Å²) in [6.45, 7) is 3.30. The summed E-state index contributed by atoms with van der Waals surface area (Å²) in [6, 6.07) is 4.37. The minimum atomic E-state index is -1.04. The van der Waals surface area contributed by atoms with E-state index in [0.717, 1.165) is 6.08 Å². The number of carboxylic acids is 1. The summed E-state index contributed by atoms with van der Waals surface area (Å²) in [5.74, 6) is -1.44. The van der Waals surface area contributed by atoms with Gasteiger partial charge in [-0.05, 0) is 40.2 Å². The van der Waals surface area contributed by atoms with Crippen LogP contribution in [0.3, 0.4) is 0 Å². The van der Waals surface area contributed by atoms with E-state index in [1.807, 2.05) is 0 Å². The largest absolute Gasteiger partial charge is 0.478 e. The van der Waals surface area contributed by atoms with E-state index in [9.17, 15) is 9.59 Å². The summed E-state index contributed by atoms with van der Waals surface area (Å²) < 4.78 is 0.614. The Balaban J connectivity index is 3.05. The first kappa shape index (κ1) is 11.5. The summed E-state index contributed by atoms with van der Waals surface area (Å²) in [5, 5.41) is 11.2. The second-order valence-corrected chi connectivity index (χ2v) is 3.55. The van der Waals surface area contributed by atoms with E-state index in [-0.39, 0.29) is 5.56 Å². The second kappa shape index (κ2) is 4.75. The Morgan fingerprint density at radius 1 is 1.47 bits per heavy atom. The lowest BCUT2D eigenvalue weighted by Crippen LogP contribution is -2.09. The monoisotopic (exact) mass is 269 g/mol. The zero-order valence-corrected chi connectivity index (χ0v) is 9.24. The van der Waals surface area contributed by atoms with Crippen LogP contribution in [0.2, 0.25) is 0 Å². The molecule has 5 heteroatoms. The van der Waals surface area contributed by atoms with Crippen molar-refractivity contribution in [3.05, 3.63) is 40.9 Å². The number of carbonyl (C=O) groups is 2. The molecule has 78 valence electrons. The van der Waals surface area contributed by atoms with Crippen LogP contribution >= 0.6 is 15.9 Å². The molecule has 0 saturated carbocycles. The second-order valence-electron chi connectivity index (χ2n) is 2.69. The zero-order chi connectivity index (χ0) is 11.4. The Hall–Kier alpha value is -1.62. The van der Waals surface area contributed by atoms with Gasteiger partial charge in [-0.1, -0.05) is 6.58 Å². The van der Waals surface area contributed by atoms with Crippen molar-refractivity contribution in [3.63, 3.8) is 0 Å². The highest BCUT2D eigenvalue weighted by atomic mass is 79.9. The van der Waals surface area contributed by atoms with Gasteiger partial charge in [-0.25, -0.2) is 4.79 Å². The number of hydrogen-bond donors (Lipinski definition) is 2. The summed E-state index contributed by atoms with van der Waals surface area (Å²) in [7, 11) is 0. The molecule has 0 aliphatic carbocycles. The van der Waals surface area contributed by atoms with Crippen LogP contribution in [0.15, 0.2) is 35.3 Å². The standard InChI is InChI=1S/C10H8BrNO3/c1-2-9(13)12-8-5-6(10(14)15)3-4-7(8)11/h2-5H,1H2,(H,12,13)(H,14,15). The quantitative estimate of drug-likeness (QED) is 0.828. The van der Waals surface area contributed by atoms with Crippen molar-refractivity contribution >= 4 is 33.5 Å². The third-order valence-electron chi connectivity index (χ3n) is 1.66. The van der Waals surface area contributed by atoms with Crippen molar-refractivity contribution in [2.75, 3.05) is 5.32 Å². The minimum Gasteiger partial charge on any atom is -0.478 e. The minimum absolute atomic E-state index is 0.109. The number of rotatable bonds is 3. The van der Waals surface area contributed by atoms with Gasteiger partial charge in [-0.3, -0.25) is 4.79 Å². The van der Waals surface area contributed by atoms with Crippen LogP contribution in [0, 0.1) is 0 Å². The van der Waals surface area contributed by atoms with Gasteiger partial charge in [0.05, 0.1) is 11.3 Å². The first-order valence-corrected chi connectivity index (χ1v) is 4.80. The summed E-state index contributed by atoms with van der Waals surface area (Å²) >= 11 is 3.20. The van der Waals surface area contributed by atoms with Crippen LogP contribution in [-0.4, -0.2) is 17.0 Å². The third kappa shape index (κ3) is 2.92. The molecule has 0 bridgehead atoms. The maximum atomic E-state index is 11.0. The molecule has 0 aromatic heterocycles. The third-order valence-corrected chi connectivity index (χ3v) is 2.35. The fourth-order valence-corrected chi connectivity index (χ4v) is 1.28. The molecule has 0 spiro atoms. The molecule has 1 rings (SSSR count). The van der Waals surface area contributed by atoms with Crippen LogP contribution < -0.4 is 5.32 Å². The molecule has 4 nitrogen and oxygen atoms in total. The van der Waals surface area contributed by atoms with Crippen molar-refractivity contribution in [3.8, 4) is 0 Å². The Bertz CT molecular complexity index is 429. The van der Waals surface area contributed by atoms with Gasteiger partial charge in [-0.2, -0.15) is 0 Å². The molecule has 15 heavy (non-hydrogen) atoms. The number of hydrogen-bond acceptors (Lipinski definition) is 2. The van der Waals surface area contributed by atoms with Crippen LogP contribution in [0.1, 0.15) is 10.4 Å². The molecular formula is C10H8BrNO3. The van der Waals surface area contributed by atoms with Gasteiger partial charge in [0.1, 0.15) is 0 Å². The number of carboxylic acid groups (broad SMARTS) is 1. The maximum Gasteiger partial charge on any atom is 0.335 e. The molecule has 0 radical (unpaired) electrons. The van der Waals surface area contributed by atoms with Crippen molar-refractivity contribution in [2.45, 2.75) is 0 Å². The lowest BCUT2D eigenvalue weighted by molar-refractivity contribution is -0.111. The van der Waals surface area contributed by atoms with E-state index in [1.165, 1.54) is 12.1 Å². The summed E-state index contributed by atoms with van der Waals surface area (Å²) in [6.07, 6.45) is 1.11. The normalized spacial score (nSPS) is 9.40. The van der Waals surface area contributed by atoms with Crippen LogP contribution in [0.5, 0.6) is 0 Å². The van der Waals surface area contributed by atoms with Gasteiger partial charge >= 0.3 is 5.97 Å². The Kier molecular flexibility index (Phi) is 3.62. The number of aromatic carboxylic acids is 1. The average molecular weight is 270 g/mol. The summed E-state index contributed by atoms with van der Waals surface area (Å²) in [5.41, 5.74) is 0.511. The highest BCUT2D eigenvalue weighted by molar-refractivity contribution is 9.10. The number of carbonyl (C=O) groups excluding carboxylic acids is 1. The smallest absolute Gasteiger partial charge is 0.335 e. The topological polar surface area (TPSA) is 66.4 Å². The van der Waals surface area contributed by atoms with Gasteiger partial charge in [0.15, 0.2) is 0 Å². The number of amides is 1. The molecule has 0 atom stereocenters. The van der Waals surface area contributed by atoms with Crippen LogP contribution in [0.4, 0.5) is 5.69 Å². The van der Waals surface area contributed by atoms with Crippen LogP contribution in [0.25, 0.3) is 0 Å². The van der Waals surface area contributed by atoms with Gasteiger partial charge in [0, 0.05) is 4.47 Å². The number of halogens is 1. The fraction of sp³-hybridized carbons (Fsp3) is 0. The van der Waals surface area contributed by atoms with Gasteiger partial charge in [-0.15, -0.1) is 0 Å². The highest BCUT2D eigenvalue weighted by Crippen LogP contribution is 2.23. The Morgan fingerprint density at radius 2 is 2.13 bits per heavy atom. The number of benzene rings is 1. The molecule has 0 aliphatic heterocycles. The predicted molar refractivity (Wildman–Crippen MR) is 59.9 cm³/mol. The van der Waals surface area contributed by atoms with Gasteiger partial charge < -0.3 is 10.4 Å².